The minimum atomic E-state index is -4.06. The Balaban J connectivity index is 1.74. The third-order valence-electron chi connectivity index (χ3n) is 3.36. The van der Waals surface area contributed by atoms with Crippen molar-refractivity contribution in [1.82, 2.24) is 15.1 Å². The zero-order valence-corrected chi connectivity index (χ0v) is 9.26. The summed E-state index contributed by atoms with van der Waals surface area (Å²) in [6, 6.07) is 0.535. The molecule has 2 heterocycles. The van der Waals surface area contributed by atoms with Crippen LogP contribution in [0.1, 0.15) is 6.42 Å². The maximum Gasteiger partial charge on any atom is 0.401 e. The Kier molecular flexibility index (Phi) is 3.71. The Hall–Kier alpha value is -0.330. The number of hydrogen-bond donors (Lipinski definition) is 1. The van der Waals surface area contributed by atoms with Gasteiger partial charge in [-0.05, 0) is 13.0 Å². The molecule has 0 spiro atoms. The van der Waals surface area contributed by atoms with Crippen molar-refractivity contribution in [3.05, 3.63) is 0 Å². The van der Waals surface area contributed by atoms with E-state index in [9.17, 15) is 13.2 Å². The van der Waals surface area contributed by atoms with Crippen LogP contribution in [-0.2, 0) is 0 Å². The van der Waals surface area contributed by atoms with Crippen molar-refractivity contribution < 1.29 is 13.2 Å². The SMILES string of the molecule is FC(F)(F)CN1CCN(C2CCNC2)CC1. The molecular weight excluding hydrogens is 219 g/mol. The second kappa shape index (κ2) is 4.89. The van der Waals surface area contributed by atoms with Crippen molar-refractivity contribution in [1.29, 1.82) is 0 Å². The minimum Gasteiger partial charge on any atom is -0.315 e. The van der Waals surface area contributed by atoms with Crippen molar-refractivity contribution in [3.63, 3.8) is 0 Å². The predicted molar refractivity (Wildman–Crippen MR) is 55.3 cm³/mol. The van der Waals surface area contributed by atoms with Gasteiger partial charge in [-0.25, -0.2) is 0 Å². The molecule has 0 radical (unpaired) electrons. The quantitative estimate of drug-likeness (QED) is 0.755. The molecule has 16 heavy (non-hydrogen) atoms. The van der Waals surface area contributed by atoms with E-state index in [1.807, 2.05) is 0 Å². The molecule has 0 aromatic carbocycles. The van der Waals surface area contributed by atoms with Crippen molar-refractivity contribution in [2.45, 2.75) is 18.6 Å². The molecule has 0 aromatic heterocycles. The Labute approximate surface area is 93.6 Å². The zero-order chi connectivity index (χ0) is 11.6. The van der Waals surface area contributed by atoms with Crippen LogP contribution >= 0.6 is 0 Å². The lowest BCUT2D eigenvalue weighted by molar-refractivity contribution is -0.149. The third-order valence-corrected chi connectivity index (χ3v) is 3.36. The highest BCUT2D eigenvalue weighted by Gasteiger charge is 2.33. The molecule has 2 aliphatic rings. The summed E-state index contributed by atoms with van der Waals surface area (Å²) >= 11 is 0. The summed E-state index contributed by atoms with van der Waals surface area (Å²) in [5.74, 6) is 0. The van der Waals surface area contributed by atoms with Crippen LogP contribution in [-0.4, -0.2) is 67.8 Å². The molecule has 1 unspecified atom stereocenters. The summed E-state index contributed by atoms with van der Waals surface area (Å²) < 4.78 is 36.5. The van der Waals surface area contributed by atoms with Gasteiger partial charge in [-0.2, -0.15) is 13.2 Å². The molecular formula is C10H18F3N3. The van der Waals surface area contributed by atoms with Gasteiger partial charge in [-0.3, -0.25) is 9.80 Å². The number of piperazine rings is 1. The van der Waals surface area contributed by atoms with Gasteiger partial charge in [0.05, 0.1) is 6.54 Å². The highest BCUT2D eigenvalue weighted by molar-refractivity contribution is 4.84. The van der Waals surface area contributed by atoms with Gasteiger partial charge in [0.1, 0.15) is 0 Å². The van der Waals surface area contributed by atoms with E-state index in [1.165, 1.54) is 4.90 Å². The van der Waals surface area contributed by atoms with E-state index < -0.39 is 12.7 Å². The lowest BCUT2D eigenvalue weighted by atomic mass is 10.2. The first-order valence-corrected chi connectivity index (χ1v) is 5.78. The van der Waals surface area contributed by atoms with Gasteiger partial charge in [0.2, 0.25) is 0 Å². The highest BCUT2D eigenvalue weighted by atomic mass is 19.4. The molecule has 3 nitrogen and oxygen atoms in total. The monoisotopic (exact) mass is 237 g/mol. The Morgan fingerprint density at radius 2 is 1.81 bits per heavy atom. The fourth-order valence-electron chi connectivity index (χ4n) is 2.49. The van der Waals surface area contributed by atoms with Gasteiger partial charge in [-0.15, -0.1) is 0 Å². The number of nitrogens with zero attached hydrogens (tertiary/aromatic N) is 2. The molecule has 94 valence electrons. The Morgan fingerprint density at radius 3 is 2.31 bits per heavy atom. The van der Waals surface area contributed by atoms with Gasteiger partial charge in [0.25, 0.3) is 0 Å². The molecule has 1 atom stereocenters. The second-order valence-corrected chi connectivity index (χ2v) is 4.57. The van der Waals surface area contributed by atoms with Crippen LogP contribution in [0.25, 0.3) is 0 Å². The molecule has 1 N–H and O–H groups in total. The molecule has 2 saturated heterocycles. The molecule has 2 fully saturated rings. The standard InChI is InChI=1S/C10H18F3N3/c11-10(12,13)8-15-3-5-16(6-4-15)9-1-2-14-7-9/h9,14H,1-8H2. The molecule has 0 saturated carbocycles. The zero-order valence-electron chi connectivity index (χ0n) is 9.26. The largest absolute Gasteiger partial charge is 0.401 e. The molecule has 2 rings (SSSR count). The van der Waals surface area contributed by atoms with Gasteiger partial charge >= 0.3 is 6.18 Å². The van der Waals surface area contributed by atoms with Gasteiger partial charge in [0.15, 0.2) is 0 Å². The first-order chi connectivity index (χ1) is 7.54. The summed E-state index contributed by atoms with van der Waals surface area (Å²) in [4.78, 5) is 3.81. The number of nitrogens with one attached hydrogen (secondary N) is 1. The van der Waals surface area contributed by atoms with Crippen LogP contribution in [0.5, 0.6) is 0 Å². The first kappa shape index (κ1) is 12.1. The van der Waals surface area contributed by atoms with E-state index in [4.69, 9.17) is 0 Å². The number of halogens is 3. The third kappa shape index (κ3) is 3.33. The van der Waals surface area contributed by atoms with Crippen molar-refractivity contribution in [2.24, 2.45) is 0 Å². The average molecular weight is 237 g/mol. The van der Waals surface area contributed by atoms with E-state index in [1.54, 1.807) is 0 Å². The van der Waals surface area contributed by atoms with Crippen molar-refractivity contribution in [2.75, 3.05) is 45.8 Å². The number of rotatable bonds is 2. The van der Waals surface area contributed by atoms with E-state index in [2.05, 4.69) is 10.2 Å². The van der Waals surface area contributed by atoms with E-state index in [0.717, 1.165) is 32.6 Å². The summed E-state index contributed by atoms with van der Waals surface area (Å²) in [5.41, 5.74) is 0. The molecule has 0 bridgehead atoms. The van der Waals surface area contributed by atoms with E-state index in [0.29, 0.717) is 19.1 Å². The van der Waals surface area contributed by atoms with E-state index in [-0.39, 0.29) is 0 Å². The fourth-order valence-corrected chi connectivity index (χ4v) is 2.49. The maximum absolute atomic E-state index is 12.2. The van der Waals surface area contributed by atoms with Crippen LogP contribution in [0.4, 0.5) is 13.2 Å². The van der Waals surface area contributed by atoms with Crippen LogP contribution in [0.3, 0.4) is 0 Å². The van der Waals surface area contributed by atoms with E-state index >= 15 is 0 Å². The Morgan fingerprint density at radius 1 is 1.12 bits per heavy atom. The van der Waals surface area contributed by atoms with Crippen molar-refractivity contribution in [3.8, 4) is 0 Å². The van der Waals surface area contributed by atoms with Crippen molar-refractivity contribution >= 4 is 0 Å². The molecule has 0 aliphatic carbocycles. The van der Waals surface area contributed by atoms with Crippen LogP contribution in [0.2, 0.25) is 0 Å². The summed E-state index contributed by atoms with van der Waals surface area (Å²) in [7, 11) is 0. The number of hydrogen-bond acceptors (Lipinski definition) is 3. The molecule has 0 amide bonds. The summed E-state index contributed by atoms with van der Waals surface area (Å²) in [6.45, 7) is 3.87. The summed E-state index contributed by atoms with van der Waals surface area (Å²) in [6.07, 6.45) is -2.93. The fraction of sp³-hybridized carbons (Fsp3) is 1.00. The molecule has 0 aromatic rings. The second-order valence-electron chi connectivity index (χ2n) is 4.57. The minimum absolute atomic E-state index is 0.535. The van der Waals surface area contributed by atoms with Gasteiger partial charge < -0.3 is 5.32 Å². The highest BCUT2D eigenvalue weighted by Crippen LogP contribution is 2.18. The predicted octanol–water partition coefficient (Wildman–Crippen LogP) is 0.528. The van der Waals surface area contributed by atoms with Crippen LogP contribution in [0.15, 0.2) is 0 Å². The average Bonchev–Trinajstić information content (AvgIpc) is 2.69. The number of alkyl halides is 3. The smallest absolute Gasteiger partial charge is 0.315 e. The lowest BCUT2D eigenvalue weighted by Crippen LogP contribution is -2.52. The Bertz CT molecular complexity index is 218. The first-order valence-electron chi connectivity index (χ1n) is 5.78. The molecule has 2 aliphatic heterocycles. The maximum atomic E-state index is 12.2. The van der Waals surface area contributed by atoms with Gasteiger partial charge in [-0.1, -0.05) is 0 Å². The van der Waals surface area contributed by atoms with Crippen LogP contribution in [0, 0.1) is 0 Å². The van der Waals surface area contributed by atoms with Gasteiger partial charge in [0, 0.05) is 38.8 Å². The molecule has 6 heteroatoms. The topological polar surface area (TPSA) is 18.5 Å². The lowest BCUT2D eigenvalue weighted by Gasteiger charge is -2.37. The van der Waals surface area contributed by atoms with Crippen LogP contribution < -0.4 is 5.32 Å². The summed E-state index contributed by atoms with van der Waals surface area (Å²) in [5, 5.41) is 3.28. The normalized spacial score (nSPS) is 29.8.